The summed E-state index contributed by atoms with van der Waals surface area (Å²) in [5.74, 6) is -8.48. The number of hydrogen-bond acceptors (Lipinski definition) is 3. The predicted octanol–water partition coefficient (Wildman–Crippen LogP) is 0.826. The number of carbonyl (C=O) groups excluding carboxylic acids is 2. The van der Waals surface area contributed by atoms with E-state index >= 15 is 0 Å². The Balaban J connectivity index is 4.66. The van der Waals surface area contributed by atoms with Crippen LogP contribution in [0.25, 0.3) is 0 Å². The van der Waals surface area contributed by atoms with Crippen molar-refractivity contribution in [3.63, 3.8) is 0 Å². The largest absolute Gasteiger partial charge is 0.383 e. The second-order valence-electron chi connectivity index (χ2n) is 3.00. The van der Waals surface area contributed by atoms with Crippen LogP contribution >= 0.6 is 11.6 Å². The molecule has 0 aromatic heterocycles. The zero-order valence-corrected chi connectivity index (χ0v) is 9.44. The van der Waals surface area contributed by atoms with E-state index in [2.05, 4.69) is 4.74 Å². The summed E-state index contributed by atoms with van der Waals surface area (Å²) in [5, 5.41) is 1.46. The van der Waals surface area contributed by atoms with Gasteiger partial charge >= 0.3 is 12.3 Å². The molecule has 100 valence electrons. The first-order chi connectivity index (χ1) is 7.77. The average Bonchev–Trinajstić information content (AvgIpc) is 2.26. The van der Waals surface area contributed by atoms with Crippen LogP contribution in [0, 0.1) is 0 Å². The zero-order chi connectivity index (χ0) is 13.6. The van der Waals surface area contributed by atoms with Gasteiger partial charge in [-0.05, 0) is 0 Å². The molecule has 0 bridgehead atoms. The van der Waals surface area contributed by atoms with Gasteiger partial charge in [0.25, 0.3) is 5.91 Å². The Labute approximate surface area is 99.2 Å². The molecule has 0 radical (unpaired) electrons. The molecule has 0 aromatic carbocycles. The molecular weight excluding hydrogens is 270 g/mol. The van der Waals surface area contributed by atoms with Gasteiger partial charge in [-0.2, -0.15) is 8.78 Å². The van der Waals surface area contributed by atoms with Gasteiger partial charge in [0.05, 0.1) is 12.5 Å². The minimum absolute atomic E-state index is 0.434. The smallest absolute Gasteiger partial charge is 0.382 e. The van der Waals surface area contributed by atoms with Gasteiger partial charge in [-0.3, -0.25) is 9.59 Å². The highest BCUT2D eigenvalue weighted by atomic mass is 35.5. The summed E-state index contributed by atoms with van der Waals surface area (Å²) in [6.45, 7) is -0.434. The number of ether oxygens (including phenoxy) is 1. The van der Waals surface area contributed by atoms with Gasteiger partial charge in [-0.1, -0.05) is 0 Å². The molecule has 1 unspecified atom stereocenters. The molecule has 0 aromatic rings. The maximum absolute atomic E-state index is 12.6. The van der Waals surface area contributed by atoms with Crippen LogP contribution in [0.4, 0.5) is 17.6 Å². The summed E-state index contributed by atoms with van der Waals surface area (Å²) in [5.41, 5.74) is 0. The van der Waals surface area contributed by atoms with Crippen LogP contribution in [0.5, 0.6) is 0 Å². The van der Waals surface area contributed by atoms with Crippen molar-refractivity contribution in [2.75, 3.05) is 19.6 Å². The first kappa shape index (κ1) is 16.1. The van der Waals surface area contributed by atoms with E-state index in [1.807, 2.05) is 0 Å². The number of amides is 1. The molecule has 4 nitrogen and oxygen atoms in total. The Bertz CT molecular complexity index is 288. The summed E-state index contributed by atoms with van der Waals surface area (Å²) in [7, 11) is 1.14. The lowest BCUT2D eigenvalue weighted by Gasteiger charge is -2.20. The number of methoxy groups -OCH3 is 1. The molecule has 17 heavy (non-hydrogen) atoms. The Morgan fingerprint density at radius 3 is 2.29 bits per heavy atom. The Kier molecular flexibility index (Phi) is 6.40. The third kappa shape index (κ3) is 4.47. The maximum atomic E-state index is 12.6. The fraction of sp³-hybridized carbons (Fsp3) is 0.750. The van der Waals surface area contributed by atoms with Crippen molar-refractivity contribution in [3.05, 3.63) is 0 Å². The highest BCUT2D eigenvalue weighted by molar-refractivity contribution is 6.28. The number of carbonyl (C=O) groups is 2. The number of alkyl halides is 5. The van der Waals surface area contributed by atoms with Gasteiger partial charge in [-0.15, -0.1) is 11.6 Å². The lowest BCUT2D eigenvalue weighted by molar-refractivity contribution is -0.170. The molecule has 0 aliphatic rings. The van der Waals surface area contributed by atoms with Crippen LogP contribution in [0.2, 0.25) is 0 Å². The highest BCUT2D eigenvalue weighted by Crippen LogP contribution is 2.22. The Morgan fingerprint density at radius 1 is 1.41 bits per heavy atom. The number of ketones is 1. The van der Waals surface area contributed by atoms with Crippen molar-refractivity contribution in [2.24, 2.45) is 0 Å². The van der Waals surface area contributed by atoms with Gasteiger partial charge in [0.15, 0.2) is 5.78 Å². The lowest BCUT2D eigenvalue weighted by Crippen LogP contribution is -2.53. The van der Waals surface area contributed by atoms with Crippen molar-refractivity contribution in [3.8, 4) is 0 Å². The third-order valence-corrected chi connectivity index (χ3v) is 2.00. The number of Topliss-reactive ketones (excluding diaryl/α,β-unsaturated/α-hetero) is 1. The number of nitrogens with one attached hydrogen (secondary N) is 1. The molecule has 0 saturated carbocycles. The van der Waals surface area contributed by atoms with E-state index in [1.165, 1.54) is 5.32 Å². The zero-order valence-electron chi connectivity index (χ0n) is 8.68. The second kappa shape index (κ2) is 6.75. The third-order valence-electron chi connectivity index (χ3n) is 1.74. The molecule has 0 rings (SSSR count). The molecule has 9 heteroatoms. The molecule has 0 aliphatic carbocycles. The van der Waals surface area contributed by atoms with Crippen LogP contribution < -0.4 is 5.32 Å². The molecule has 0 saturated heterocycles. The van der Waals surface area contributed by atoms with E-state index in [-0.39, 0.29) is 0 Å². The number of halogens is 5. The Hall–Kier alpha value is -0.890. The quantitative estimate of drug-likeness (QED) is 0.555. The van der Waals surface area contributed by atoms with E-state index in [4.69, 9.17) is 11.6 Å². The summed E-state index contributed by atoms with van der Waals surface area (Å²) >= 11 is 5.15. The van der Waals surface area contributed by atoms with Crippen LogP contribution in [-0.4, -0.2) is 49.7 Å². The molecule has 0 fully saturated rings. The molecule has 1 amide bonds. The predicted molar refractivity (Wildman–Crippen MR) is 50.5 cm³/mol. The van der Waals surface area contributed by atoms with Crippen LogP contribution in [-0.2, 0) is 14.3 Å². The van der Waals surface area contributed by atoms with E-state index in [9.17, 15) is 27.2 Å². The van der Waals surface area contributed by atoms with Gasteiger partial charge in [-0.25, -0.2) is 8.78 Å². The molecule has 0 heterocycles. The normalized spacial score (nSPS) is 13.6. The fourth-order valence-corrected chi connectivity index (χ4v) is 1.01. The Morgan fingerprint density at radius 2 is 1.94 bits per heavy atom. The van der Waals surface area contributed by atoms with E-state index < -0.39 is 42.6 Å². The summed E-state index contributed by atoms with van der Waals surface area (Å²) in [4.78, 5) is 21.9. The van der Waals surface area contributed by atoms with Gasteiger partial charge in [0.2, 0.25) is 0 Å². The minimum atomic E-state index is -4.86. The monoisotopic (exact) mass is 279 g/mol. The van der Waals surface area contributed by atoms with Crippen LogP contribution in [0.1, 0.15) is 0 Å². The second-order valence-corrected chi connectivity index (χ2v) is 3.27. The van der Waals surface area contributed by atoms with E-state index in [0.717, 1.165) is 7.11 Å². The molecule has 0 spiro atoms. The summed E-state index contributed by atoms with van der Waals surface area (Å²) < 4.78 is 53.3. The van der Waals surface area contributed by atoms with Crippen LogP contribution in [0.15, 0.2) is 0 Å². The van der Waals surface area contributed by atoms with Crippen molar-refractivity contribution >= 4 is 23.3 Å². The molecule has 1 N–H and O–H groups in total. The first-order valence-corrected chi connectivity index (χ1v) is 4.85. The minimum Gasteiger partial charge on any atom is -0.382 e. The lowest BCUT2D eigenvalue weighted by atomic mass is 10.2. The van der Waals surface area contributed by atoms with Gasteiger partial charge in [0, 0.05) is 7.11 Å². The van der Waals surface area contributed by atoms with Crippen molar-refractivity contribution in [1.29, 1.82) is 0 Å². The van der Waals surface area contributed by atoms with Gasteiger partial charge < -0.3 is 10.1 Å². The first-order valence-electron chi connectivity index (χ1n) is 4.31. The maximum Gasteiger partial charge on any atom is 0.383 e. The molecular formula is C8H10ClF4NO3. The van der Waals surface area contributed by atoms with E-state index in [1.54, 1.807) is 0 Å². The molecule has 0 aliphatic heterocycles. The standard InChI is InChI=1S/C8H10ClF4NO3/c1-17-3-4(5(15)2-9)14-7(16)8(12,13)6(10)11/h4,6H,2-3H2,1H3,(H,14,16). The fourth-order valence-electron chi connectivity index (χ4n) is 0.828. The number of hydrogen-bond donors (Lipinski definition) is 1. The van der Waals surface area contributed by atoms with Crippen molar-refractivity contribution in [2.45, 2.75) is 18.4 Å². The van der Waals surface area contributed by atoms with Gasteiger partial charge in [0.1, 0.15) is 6.04 Å². The average molecular weight is 280 g/mol. The molecule has 1 atom stereocenters. The van der Waals surface area contributed by atoms with Crippen LogP contribution in [0.3, 0.4) is 0 Å². The highest BCUT2D eigenvalue weighted by Gasteiger charge is 2.49. The topological polar surface area (TPSA) is 55.4 Å². The van der Waals surface area contributed by atoms with Crippen molar-refractivity contribution < 1.29 is 31.9 Å². The number of rotatable bonds is 7. The summed E-state index contributed by atoms with van der Waals surface area (Å²) in [6, 6.07) is -1.48. The SMILES string of the molecule is COCC(NC(=O)C(F)(F)C(F)F)C(=O)CCl. The van der Waals surface area contributed by atoms with E-state index in [0.29, 0.717) is 0 Å². The van der Waals surface area contributed by atoms with Crippen molar-refractivity contribution in [1.82, 2.24) is 5.32 Å². The summed E-state index contributed by atoms with van der Waals surface area (Å²) in [6.07, 6.45) is -4.16.